The number of nitrogens with one attached hydrogen (secondary N) is 1. The van der Waals surface area contributed by atoms with E-state index < -0.39 is 11.6 Å². The summed E-state index contributed by atoms with van der Waals surface area (Å²) in [5.41, 5.74) is 8.25. The summed E-state index contributed by atoms with van der Waals surface area (Å²) in [4.78, 5) is 20.6. The number of carboxylic acid groups (broad SMARTS) is 1. The fraction of sp³-hybridized carbons (Fsp3) is 0.421. The van der Waals surface area contributed by atoms with Crippen LogP contribution in [0, 0.1) is 0 Å². The lowest BCUT2D eigenvalue weighted by atomic mass is 9.76. The van der Waals surface area contributed by atoms with E-state index in [2.05, 4.69) is 21.8 Å². The molecule has 2 aromatic heterocycles. The molecule has 0 atom stereocenters. The average Bonchev–Trinajstić information content (AvgIpc) is 2.92. The number of hydrogen-bond acceptors (Lipinski definition) is 4. The summed E-state index contributed by atoms with van der Waals surface area (Å²) >= 11 is 0. The number of nitrogens with two attached hydrogens (primary N) is 1. The van der Waals surface area contributed by atoms with Crippen LogP contribution in [-0.4, -0.2) is 31.3 Å². The molecule has 4 N–H and O–H groups in total. The van der Waals surface area contributed by atoms with Crippen LogP contribution in [0.4, 0.5) is 10.6 Å². The summed E-state index contributed by atoms with van der Waals surface area (Å²) in [5, 5.41) is 13.0. The lowest BCUT2D eigenvalue weighted by Crippen LogP contribution is -2.56. The smallest absolute Gasteiger partial charge is 0.405 e. The van der Waals surface area contributed by atoms with E-state index in [4.69, 9.17) is 10.7 Å². The van der Waals surface area contributed by atoms with Crippen LogP contribution in [0.1, 0.15) is 38.4 Å². The number of rotatable bonds is 5. The summed E-state index contributed by atoms with van der Waals surface area (Å²) in [6.45, 7) is 2.68. The topological polar surface area (TPSA) is 106 Å². The number of imidazole rings is 1. The minimum absolute atomic E-state index is 0.420. The van der Waals surface area contributed by atoms with Crippen molar-refractivity contribution >= 4 is 33.8 Å². The second-order valence-electron chi connectivity index (χ2n) is 7.14. The van der Waals surface area contributed by atoms with Crippen LogP contribution in [0.2, 0.25) is 0 Å². The summed E-state index contributed by atoms with van der Waals surface area (Å²) < 4.78 is 2.16. The van der Waals surface area contributed by atoms with E-state index >= 15 is 0 Å². The average molecular weight is 353 g/mol. The Bertz CT molecular complexity index is 990. The maximum absolute atomic E-state index is 11.3. The van der Waals surface area contributed by atoms with Crippen molar-refractivity contribution in [3.63, 3.8) is 0 Å². The number of amides is 1. The van der Waals surface area contributed by atoms with Crippen LogP contribution >= 0.6 is 0 Å². The van der Waals surface area contributed by atoms with Gasteiger partial charge in [0.25, 0.3) is 0 Å². The van der Waals surface area contributed by atoms with E-state index in [0.717, 1.165) is 54.3 Å². The van der Waals surface area contributed by atoms with Gasteiger partial charge >= 0.3 is 6.09 Å². The number of aryl methyl sites for hydroxylation is 1. The Morgan fingerprint density at radius 1 is 1.35 bits per heavy atom. The maximum Gasteiger partial charge on any atom is 0.405 e. The number of nitrogen functional groups attached to an aromatic ring is 1. The number of anilines is 1. The van der Waals surface area contributed by atoms with Crippen LogP contribution in [0.15, 0.2) is 24.3 Å². The largest absolute Gasteiger partial charge is 0.465 e. The SMILES string of the molecule is CCCc1nc2c(N)nc3ccccc3c2n1CC1(NC(=O)O)CCC1. The number of nitrogens with zero attached hydrogens (tertiary/aromatic N) is 3. The highest BCUT2D eigenvalue weighted by Crippen LogP contribution is 2.37. The number of hydrogen-bond donors (Lipinski definition) is 3. The molecule has 0 unspecified atom stereocenters. The number of pyridine rings is 1. The summed E-state index contributed by atoms with van der Waals surface area (Å²) in [6.07, 6.45) is 3.49. The highest BCUT2D eigenvalue weighted by atomic mass is 16.4. The van der Waals surface area contributed by atoms with Gasteiger partial charge in [0.05, 0.1) is 16.6 Å². The second-order valence-corrected chi connectivity index (χ2v) is 7.14. The summed E-state index contributed by atoms with van der Waals surface area (Å²) in [5.74, 6) is 1.36. The van der Waals surface area contributed by atoms with Gasteiger partial charge in [0.15, 0.2) is 5.82 Å². The number of carbonyl (C=O) groups is 1. The van der Waals surface area contributed by atoms with Crippen molar-refractivity contribution in [3.05, 3.63) is 30.1 Å². The predicted molar refractivity (Wildman–Crippen MR) is 101 cm³/mol. The Hall–Kier alpha value is -2.83. The highest BCUT2D eigenvalue weighted by molar-refractivity contribution is 6.06. The molecule has 136 valence electrons. The van der Waals surface area contributed by atoms with Gasteiger partial charge in [-0.2, -0.15) is 0 Å². The van der Waals surface area contributed by atoms with Crippen molar-refractivity contribution < 1.29 is 9.90 Å². The molecule has 0 aliphatic heterocycles. The molecular formula is C19H23N5O2. The van der Waals surface area contributed by atoms with Crippen LogP contribution in [-0.2, 0) is 13.0 Å². The fourth-order valence-electron chi connectivity index (χ4n) is 3.95. The molecule has 1 saturated carbocycles. The van der Waals surface area contributed by atoms with Gasteiger partial charge in [-0.05, 0) is 31.7 Å². The van der Waals surface area contributed by atoms with Gasteiger partial charge in [0.2, 0.25) is 0 Å². The van der Waals surface area contributed by atoms with Gasteiger partial charge in [0.1, 0.15) is 11.3 Å². The van der Waals surface area contributed by atoms with Crippen molar-refractivity contribution in [2.45, 2.75) is 51.1 Å². The molecule has 7 nitrogen and oxygen atoms in total. The van der Waals surface area contributed by atoms with Crippen LogP contribution in [0.5, 0.6) is 0 Å². The predicted octanol–water partition coefficient (Wildman–Crippen LogP) is 3.31. The molecule has 1 aromatic carbocycles. The molecule has 1 aliphatic carbocycles. The molecule has 0 radical (unpaired) electrons. The van der Waals surface area contributed by atoms with E-state index in [-0.39, 0.29) is 0 Å². The molecule has 26 heavy (non-hydrogen) atoms. The van der Waals surface area contributed by atoms with E-state index in [9.17, 15) is 9.90 Å². The van der Waals surface area contributed by atoms with E-state index in [1.54, 1.807) is 0 Å². The van der Waals surface area contributed by atoms with Crippen molar-refractivity contribution in [1.29, 1.82) is 0 Å². The molecule has 0 bridgehead atoms. The molecule has 1 aliphatic rings. The minimum Gasteiger partial charge on any atom is -0.465 e. The maximum atomic E-state index is 11.3. The fourth-order valence-corrected chi connectivity index (χ4v) is 3.95. The lowest BCUT2D eigenvalue weighted by Gasteiger charge is -2.42. The Labute approximate surface area is 151 Å². The van der Waals surface area contributed by atoms with Crippen molar-refractivity contribution in [1.82, 2.24) is 19.9 Å². The number of para-hydroxylation sites is 1. The van der Waals surface area contributed by atoms with Crippen LogP contribution < -0.4 is 11.1 Å². The first kappa shape index (κ1) is 16.6. The van der Waals surface area contributed by atoms with E-state index in [1.807, 2.05) is 24.3 Å². The Balaban J connectivity index is 1.93. The van der Waals surface area contributed by atoms with Gasteiger partial charge in [-0.25, -0.2) is 14.8 Å². The molecule has 2 heterocycles. The van der Waals surface area contributed by atoms with Crippen LogP contribution in [0.25, 0.3) is 21.9 Å². The lowest BCUT2D eigenvalue weighted by molar-refractivity contribution is 0.131. The normalized spacial score (nSPS) is 15.9. The first-order chi connectivity index (χ1) is 12.5. The van der Waals surface area contributed by atoms with E-state index in [0.29, 0.717) is 17.9 Å². The third-order valence-electron chi connectivity index (χ3n) is 5.31. The van der Waals surface area contributed by atoms with Crippen molar-refractivity contribution in [2.24, 2.45) is 0 Å². The van der Waals surface area contributed by atoms with Crippen molar-refractivity contribution in [2.75, 3.05) is 5.73 Å². The Morgan fingerprint density at radius 3 is 2.77 bits per heavy atom. The number of aromatic nitrogens is 3. The quantitative estimate of drug-likeness (QED) is 0.652. The standard InChI is InChI=1S/C19H23N5O2/c1-2-6-14-22-15-16(12-7-3-4-8-13(12)21-17(15)20)24(14)11-19(9-5-10-19)23-18(25)26/h3-4,7-8,23H,2,5-6,9-11H2,1H3,(H2,20,21)(H,25,26). The Kier molecular flexibility index (Phi) is 3.94. The Morgan fingerprint density at radius 2 is 2.12 bits per heavy atom. The third kappa shape index (κ3) is 2.64. The minimum atomic E-state index is -0.975. The van der Waals surface area contributed by atoms with E-state index in [1.165, 1.54) is 0 Å². The molecule has 0 spiro atoms. The first-order valence-electron chi connectivity index (χ1n) is 9.07. The zero-order valence-electron chi connectivity index (χ0n) is 14.8. The summed E-state index contributed by atoms with van der Waals surface area (Å²) in [6, 6.07) is 7.88. The molecule has 1 fully saturated rings. The molecule has 4 rings (SSSR count). The van der Waals surface area contributed by atoms with Gasteiger partial charge in [0, 0.05) is 18.4 Å². The number of fused-ring (bicyclic) bond motifs is 3. The molecule has 1 amide bonds. The monoisotopic (exact) mass is 353 g/mol. The van der Waals surface area contributed by atoms with Gasteiger partial charge in [-0.1, -0.05) is 25.1 Å². The van der Waals surface area contributed by atoms with Gasteiger partial charge < -0.3 is 20.7 Å². The molecular weight excluding hydrogens is 330 g/mol. The van der Waals surface area contributed by atoms with Gasteiger partial charge in [-0.3, -0.25) is 0 Å². The zero-order valence-corrected chi connectivity index (χ0v) is 14.8. The second kappa shape index (κ2) is 6.16. The number of benzene rings is 1. The highest BCUT2D eigenvalue weighted by Gasteiger charge is 2.40. The van der Waals surface area contributed by atoms with Gasteiger partial charge in [-0.15, -0.1) is 0 Å². The molecule has 0 saturated heterocycles. The van der Waals surface area contributed by atoms with Crippen LogP contribution in [0.3, 0.4) is 0 Å². The molecule has 7 heteroatoms. The first-order valence-corrected chi connectivity index (χ1v) is 9.07. The third-order valence-corrected chi connectivity index (χ3v) is 5.31. The molecule has 3 aromatic rings. The van der Waals surface area contributed by atoms with Crippen molar-refractivity contribution in [3.8, 4) is 0 Å². The summed E-state index contributed by atoms with van der Waals surface area (Å²) in [7, 11) is 0. The zero-order chi connectivity index (χ0) is 18.3.